The third-order valence-electron chi connectivity index (χ3n) is 2.92. The average molecular weight is 274 g/mol. The maximum absolute atomic E-state index is 13.5. The number of rotatable bonds is 6. The second kappa shape index (κ2) is 6.80. The lowest BCUT2D eigenvalue weighted by molar-refractivity contribution is 0.319. The molecule has 0 fully saturated rings. The molecule has 0 bridgehead atoms. The molecule has 0 amide bonds. The first-order valence-corrected chi connectivity index (χ1v) is 6.70. The number of benzene rings is 2. The van der Waals surface area contributed by atoms with E-state index in [1.807, 2.05) is 25.1 Å². The molecule has 0 aliphatic heterocycles. The van der Waals surface area contributed by atoms with Gasteiger partial charge < -0.3 is 15.8 Å². The van der Waals surface area contributed by atoms with Crippen molar-refractivity contribution in [3.8, 4) is 5.75 Å². The molecule has 2 rings (SSSR count). The Morgan fingerprint density at radius 3 is 2.75 bits per heavy atom. The summed E-state index contributed by atoms with van der Waals surface area (Å²) in [5, 5.41) is 3.17. The molecule has 0 aliphatic carbocycles. The van der Waals surface area contributed by atoms with Crippen LogP contribution < -0.4 is 15.8 Å². The minimum absolute atomic E-state index is 0.210. The quantitative estimate of drug-likeness (QED) is 0.787. The van der Waals surface area contributed by atoms with E-state index in [4.69, 9.17) is 10.5 Å². The Hall–Kier alpha value is -2.23. The number of halogens is 1. The molecule has 106 valence electrons. The SMILES string of the molecule is CCCOc1cc(NCc2ccccc2F)ccc1N. The van der Waals surface area contributed by atoms with Crippen LogP contribution in [-0.4, -0.2) is 6.61 Å². The second-order valence-electron chi connectivity index (χ2n) is 4.55. The predicted molar refractivity (Wildman–Crippen MR) is 80.4 cm³/mol. The van der Waals surface area contributed by atoms with Gasteiger partial charge in [0.25, 0.3) is 0 Å². The van der Waals surface area contributed by atoms with Gasteiger partial charge in [-0.3, -0.25) is 0 Å². The first kappa shape index (κ1) is 14.2. The molecule has 0 heterocycles. The summed E-state index contributed by atoms with van der Waals surface area (Å²) in [6, 6.07) is 12.2. The summed E-state index contributed by atoms with van der Waals surface area (Å²) in [7, 11) is 0. The Morgan fingerprint density at radius 1 is 1.20 bits per heavy atom. The van der Waals surface area contributed by atoms with E-state index in [-0.39, 0.29) is 5.82 Å². The van der Waals surface area contributed by atoms with Crippen molar-refractivity contribution in [1.29, 1.82) is 0 Å². The van der Waals surface area contributed by atoms with Crippen LogP contribution in [0.5, 0.6) is 5.75 Å². The van der Waals surface area contributed by atoms with E-state index in [0.717, 1.165) is 12.1 Å². The van der Waals surface area contributed by atoms with Gasteiger partial charge in [-0.05, 0) is 24.6 Å². The third kappa shape index (κ3) is 3.63. The van der Waals surface area contributed by atoms with E-state index in [1.165, 1.54) is 6.07 Å². The smallest absolute Gasteiger partial charge is 0.144 e. The van der Waals surface area contributed by atoms with Crippen molar-refractivity contribution in [3.63, 3.8) is 0 Å². The largest absolute Gasteiger partial charge is 0.491 e. The van der Waals surface area contributed by atoms with Crippen LogP contribution in [0.15, 0.2) is 42.5 Å². The maximum Gasteiger partial charge on any atom is 0.144 e. The van der Waals surface area contributed by atoms with E-state index in [0.29, 0.717) is 30.2 Å². The Bertz CT molecular complexity index is 572. The lowest BCUT2D eigenvalue weighted by Gasteiger charge is -2.12. The summed E-state index contributed by atoms with van der Waals surface area (Å²) < 4.78 is 19.1. The van der Waals surface area contributed by atoms with Crippen LogP contribution in [0.3, 0.4) is 0 Å². The topological polar surface area (TPSA) is 47.3 Å². The molecule has 2 aromatic rings. The van der Waals surface area contributed by atoms with Crippen LogP contribution in [0.1, 0.15) is 18.9 Å². The van der Waals surface area contributed by atoms with E-state index in [9.17, 15) is 4.39 Å². The highest BCUT2D eigenvalue weighted by Crippen LogP contribution is 2.26. The van der Waals surface area contributed by atoms with Crippen LogP contribution in [0.25, 0.3) is 0 Å². The van der Waals surface area contributed by atoms with Crippen molar-refractivity contribution in [2.24, 2.45) is 0 Å². The van der Waals surface area contributed by atoms with Crippen LogP contribution in [0.2, 0.25) is 0 Å². The van der Waals surface area contributed by atoms with Crippen molar-refractivity contribution >= 4 is 11.4 Å². The Balaban J connectivity index is 2.04. The van der Waals surface area contributed by atoms with Crippen molar-refractivity contribution in [2.75, 3.05) is 17.7 Å². The van der Waals surface area contributed by atoms with Crippen LogP contribution >= 0.6 is 0 Å². The standard InChI is InChI=1S/C16H19FN2O/c1-2-9-20-16-10-13(7-8-15(16)18)19-11-12-5-3-4-6-14(12)17/h3-8,10,19H,2,9,11,18H2,1H3. The Morgan fingerprint density at radius 2 is 2.00 bits per heavy atom. The molecule has 4 heteroatoms. The first-order valence-electron chi connectivity index (χ1n) is 6.70. The molecule has 20 heavy (non-hydrogen) atoms. The van der Waals surface area contributed by atoms with Crippen molar-refractivity contribution in [3.05, 3.63) is 53.8 Å². The molecule has 0 saturated heterocycles. The highest BCUT2D eigenvalue weighted by molar-refractivity contribution is 5.61. The van der Waals surface area contributed by atoms with Gasteiger partial charge in [0.1, 0.15) is 11.6 Å². The van der Waals surface area contributed by atoms with Crippen LogP contribution in [0, 0.1) is 5.82 Å². The minimum Gasteiger partial charge on any atom is -0.491 e. The highest BCUT2D eigenvalue weighted by Gasteiger charge is 2.04. The molecule has 0 radical (unpaired) electrons. The van der Waals surface area contributed by atoms with Crippen molar-refractivity contribution < 1.29 is 9.13 Å². The van der Waals surface area contributed by atoms with Crippen molar-refractivity contribution in [2.45, 2.75) is 19.9 Å². The zero-order valence-corrected chi connectivity index (χ0v) is 11.5. The molecule has 2 aromatic carbocycles. The summed E-state index contributed by atoms with van der Waals surface area (Å²) in [6.45, 7) is 3.08. The fourth-order valence-electron chi connectivity index (χ4n) is 1.82. The molecule has 0 unspecified atom stereocenters. The maximum atomic E-state index is 13.5. The van der Waals surface area contributed by atoms with Gasteiger partial charge in [-0.25, -0.2) is 4.39 Å². The number of hydrogen-bond acceptors (Lipinski definition) is 3. The molecule has 0 aromatic heterocycles. The van der Waals surface area contributed by atoms with E-state index in [1.54, 1.807) is 18.2 Å². The zero-order chi connectivity index (χ0) is 14.4. The number of nitrogens with two attached hydrogens (primary N) is 1. The van der Waals surface area contributed by atoms with Gasteiger partial charge in [0.2, 0.25) is 0 Å². The number of nitrogen functional groups attached to an aromatic ring is 1. The third-order valence-corrected chi connectivity index (χ3v) is 2.92. The fourth-order valence-corrected chi connectivity index (χ4v) is 1.82. The van der Waals surface area contributed by atoms with Crippen LogP contribution in [-0.2, 0) is 6.54 Å². The second-order valence-corrected chi connectivity index (χ2v) is 4.55. The Labute approximate surface area is 118 Å². The first-order chi connectivity index (χ1) is 9.70. The highest BCUT2D eigenvalue weighted by atomic mass is 19.1. The lowest BCUT2D eigenvalue weighted by Crippen LogP contribution is -2.03. The molecule has 3 nitrogen and oxygen atoms in total. The number of anilines is 2. The van der Waals surface area contributed by atoms with Gasteiger partial charge in [0.15, 0.2) is 0 Å². The van der Waals surface area contributed by atoms with Gasteiger partial charge in [-0.2, -0.15) is 0 Å². The minimum atomic E-state index is -0.210. The van der Waals surface area contributed by atoms with E-state index in [2.05, 4.69) is 5.32 Å². The predicted octanol–water partition coefficient (Wildman–Crippen LogP) is 3.81. The molecule has 0 spiro atoms. The van der Waals surface area contributed by atoms with Gasteiger partial charge in [0, 0.05) is 23.9 Å². The van der Waals surface area contributed by atoms with Gasteiger partial charge in [-0.1, -0.05) is 25.1 Å². The van der Waals surface area contributed by atoms with Gasteiger partial charge in [0.05, 0.1) is 12.3 Å². The normalized spacial score (nSPS) is 10.3. The zero-order valence-electron chi connectivity index (χ0n) is 11.5. The van der Waals surface area contributed by atoms with E-state index < -0.39 is 0 Å². The summed E-state index contributed by atoms with van der Waals surface area (Å²) >= 11 is 0. The van der Waals surface area contributed by atoms with E-state index >= 15 is 0 Å². The summed E-state index contributed by atoms with van der Waals surface area (Å²) in [6.07, 6.45) is 0.923. The van der Waals surface area contributed by atoms with Gasteiger partial charge in [-0.15, -0.1) is 0 Å². The molecule has 0 atom stereocenters. The summed E-state index contributed by atoms with van der Waals surface area (Å²) in [5.74, 6) is 0.447. The summed E-state index contributed by atoms with van der Waals surface area (Å²) in [4.78, 5) is 0. The summed E-state index contributed by atoms with van der Waals surface area (Å²) in [5.41, 5.74) is 7.94. The lowest BCUT2D eigenvalue weighted by atomic mass is 10.2. The molecule has 0 aliphatic rings. The monoisotopic (exact) mass is 274 g/mol. The molecular formula is C16H19FN2O. The van der Waals surface area contributed by atoms with Gasteiger partial charge >= 0.3 is 0 Å². The molecular weight excluding hydrogens is 255 g/mol. The number of ether oxygens (including phenoxy) is 1. The molecule has 0 saturated carbocycles. The van der Waals surface area contributed by atoms with Crippen LogP contribution in [0.4, 0.5) is 15.8 Å². The number of nitrogens with one attached hydrogen (secondary N) is 1. The molecule has 3 N–H and O–H groups in total. The number of hydrogen-bond donors (Lipinski definition) is 2. The van der Waals surface area contributed by atoms with Crippen molar-refractivity contribution in [1.82, 2.24) is 0 Å². The average Bonchev–Trinajstić information content (AvgIpc) is 2.46. The Kier molecular flexibility index (Phi) is 4.82. The fraction of sp³-hybridized carbons (Fsp3) is 0.250.